The van der Waals surface area contributed by atoms with Crippen LogP contribution in [0.2, 0.25) is 0 Å². The lowest BCUT2D eigenvalue weighted by Gasteiger charge is -2.18. The molecule has 0 aliphatic carbocycles. The largest absolute Gasteiger partial charge is 0.497 e. The van der Waals surface area contributed by atoms with E-state index < -0.39 is 0 Å². The third kappa shape index (κ3) is 11.4. The van der Waals surface area contributed by atoms with E-state index in [1.807, 2.05) is 24.3 Å². The average Bonchev–Trinajstić information content (AvgIpc) is 2.68. The number of methoxy groups -OCH3 is 2. The first kappa shape index (κ1) is 23.0. The second kappa shape index (κ2) is 15.1. The number of ether oxygens (including phenoxy) is 3. The lowest BCUT2D eigenvalue weighted by molar-refractivity contribution is 0.180. The second-order valence-corrected chi connectivity index (χ2v) is 6.21. The van der Waals surface area contributed by atoms with Crippen LogP contribution in [0.5, 0.6) is 11.5 Å². The van der Waals surface area contributed by atoms with Gasteiger partial charge < -0.3 is 29.7 Å². The fraction of sp³-hybridized carbons (Fsp3) is 0.650. The molecule has 0 heterocycles. The molecule has 7 nitrogen and oxygen atoms in total. The van der Waals surface area contributed by atoms with Gasteiger partial charge in [-0.25, -0.2) is 0 Å². The Morgan fingerprint density at radius 1 is 1.00 bits per heavy atom. The van der Waals surface area contributed by atoms with Crippen molar-refractivity contribution < 1.29 is 14.2 Å². The number of rotatable bonds is 14. The summed E-state index contributed by atoms with van der Waals surface area (Å²) >= 11 is 0. The number of hydrogen-bond donors (Lipinski definition) is 2. The molecule has 0 saturated heterocycles. The molecule has 154 valence electrons. The molecule has 1 aromatic carbocycles. The summed E-state index contributed by atoms with van der Waals surface area (Å²) in [5, 5.41) is 6.65. The smallest absolute Gasteiger partial charge is 0.191 e. The van der Waals surface area contributed by atoms with Gasteiger partial charge in [-0.05, 0) is 44.7 Å². The third-order valence-corrected chi connectivity index (χ3v) is 3.92. The summed E-state index contributed by atoms with van der Waals surface area (Å²) in [4.78, 5) is 6.89. The van der Waals surface area contributed by atoms with Crippen LogP contribution in [-0.4, -0.2) is 78.1 Å². The number of nitrogens with zero attached hydrogens (tertiary/aromatic N) is 2. The summed E-state index contributed by atoms with van der Waals surface area (Å²) in [6.07, 6.45) is 1.91. The Morgan fingerprint density at radius 2 is 1.74 bits per heavy atom. The van der Waals surface area contributed by atoms with Gasteiger partial charge >= 0.3 is 0 Å². The molecule has 0 atom stereocenters. The van der Waals surface area contributed by atoms with Crippen molar-refractivity contribution in [3.63, 3.8) is 0 Å². The lowest BCUT2D eigenvalue weighted by atomic mass is 10.3. The van der Waals surface area contributed by atoms with E-state index in [0.29, 0.717) is 6.61 Å². The second-order valence-electron chi connectivity index (χ2n) is 6.21. The molecule has 0 fully saturated rings. The van der Waals surface area contributed by atoms with E-state index in [9.17, 15) is 0 Å². The zero-order chi connectivity index (χ0) is 19.7. The predicted molar refractivity (Wildman–Crippen MR) is 111 cm³/mol. The normalized spacial score (nSPS) is 11.5. The molecular weight excluding hydrogens is 344 g/mol. The molecule has 27 heavy (non-hydrogen) atoms. The van der Waals surface area contributed by atoms with Crippen molar-refractivity contribution in [3.05, 3.63) is 24.3 Å². The maximum atomic E-state index is 5.72. The van der Waals surface area contributed by atoms with Crippen LogP contribution in [0.25, 0.3) is 0 Å². The fourth-order valence-corrected chi connectivity index (χ4v) is 2.41. The summed E-state index contributed by atoms with van der Waals surface area (Å²) in [6, 6.07) is 7.62. The number of nitrogens with one attached hydrogen (secondary N) is 2. The fourth-order valence-electron chi connectivity index (χ4n) is 2.41. The van der Waals surface area contributed by atoms with Gasteiger partial charge in [-0.3, -0.25) is 4.99 Å². The van der Waals surface area contributed by atoms with Crippen molar-refractivity contribution in [2.24, 2.45) is 4.99 Å². The lowest BCUT2D eigenvalue weighted by Crippen LogP contribution is -2.41. The molecular formula is C20H36N4O3. The van der Waals surface area contributed by atoms with Crippen molar-refractivity contribution in [2.45, 2.75) is 19.8 Å². The van der Waals surface area contributed by atoms with Gasteiger partial charge in [-0.1, -0.05) is 0 Å². The van der Waals surface area contributed by atoms with Crippen molar-refractivity contribution in [3.8, 4) is 11.5 Å². The maximum Gasteiger partial charge on any atom is 0.191 e. The van der Waals surface area contributed by atoms with Crippen molar-refractivity contribution in [2.75, 3.05) is 67.2 Å². The summed E-state index contributed by atoms with van der Waals surface area (Å²) in [5.74, 6) is 2.53. The first-order valence-corrected chi connectivity index (χ1v) is 9.66. The zero-order valence-corrected chi connectivity index (χ0v) is 17.3. The summed E-state index contributed by atoms with van der Waals surface area (Å²) in [5.41, 5.74) is 0. The number of benzene rings is 1. The SMILES string of the molecule is CCNC(=NCCCOc1ccc(OC)cc1)NCCN(C)CCCOC. The quantitative estimate of drug-likeness (QED) is 0.292. The molecule has 0 unspecified atom stereocenters. The summed E-state index contributed by atoms with van der Waals surface area (Å²) in [6.45, 7) is 7.93. The number of hydrogen-bond acceptors (Lipinski definition) is 5. The summed E-state index contributed by atoms with van der Waals surface area (Å²) in [7, 11) is 5.52. The molecule has 1 aromatic rings. The standard InChI is InChI=1S/C20H36N4O3/c1-5-21-20(23-13-15-24(2)14-7-16-25-3)22-12-6-17-27-19-10-8-18(26-4)9-11-19/h8-11H,5-7,12-17H2,1-4H3,(H2,21,22,23). The number of guanidine groups is 1. The van der Waals surface area contributed by atoms with Gasteiger partial charge in [0.2, 0.25) is 0 Å². The molecule has 0 bridgehead atoms. The molecule has 0 amide bonds. The van der Waals surface area contributed by atoms with E-state index in [1.165, 1.54) is 0 Å². The minimum absolute atomic E-state index is 0.636. The third-order valence-electron chi connectivity index (χ3n) is 3.92. The van der Waals surface area contributed by atoms with E-state index in [-0.39, 0.29) is 0 Å². The average molecular weight is 381 g/mol. The Morgan fingerprint density at radius 3 is 2.41 bits per heavy atom. The van der Waals surface area contributed by atoms with E-state index in [2.05, 4.69) is 34.5 Å². The Kier molecular flexibility index (Phi) is 12.9. The van der Waals surface area contributed by atoms with Crippen molar-refractivity contribution in [1.29, 1.82) is 0 Å². The topological polar surface area (TPSA) is 67.4 Å². The molecule has 0 aromatic heterocycles. The zero-order valence-electron chi connectivity index (χ0n) is 17.3. The summed E-state index contributed by atoms with van der Waals surface area (Å²) < 4.78 is 15.9. The van der Waals surface area contributed by atoms with Gasteiger partial charge in [0, 0.05) is 52.9 Å². The monoisotopic (exact) mass is 380 g/mol. The number of likely N-dealkylation sites (N-methyl/N-ethyl adjacent to an activating group) is 1. The van der Waals surface area contributed by atoms with Crippen LogP contribution < -0.4 is 20.1 Å². The Hall–Kier alpha value is -1.99. The Bertz CT molecular complexity index is 508. The highest BCUT2D eigenvalue weighted by atomic mass is 16.5. The molecule has 7 heteroatoms. The Balaban J connectivity index is 2.21. The van der Waals surface area contributed by atoms with Gasteiger partial charge in [0.1, 0.15) is 11.5 Å². The van der Waals surface area contributed by atoms with Crippen molar-refractivity contribution >= 4 is 5.96 Å². The van der Waals surface area contributed by atoms with Crippen molar-refractivity contribution in [1.82, 2.24) is 15.5 Å². The Labute approximate surface area is 164 Å². The van der Waals surface area contributed by atoms with Gasteiger partial charge in [-0.2, -0.15) is 0 Å². The van der Waals surface area contributed by atoms with Crippen LogP contribution in [0.3, 0.4) is 0 Å². The molecule has 0 spiro atoms. The minimum Gasteiger partial charge on any atom is -0.497 e. The maximum absolute atomic E-state index is 5.72. The molecule has 0 saturated carbocycles. The highest BCUT2D eigenvalue weighted by Gasteiger charge is 2.01. The van der Waals surface area contributed by atoms with Gasteiger partial charge in [0.25, 0.3) is 0 Å². The molecule has 2 N–H and O–H groups in total. The van der Waals surface area contributed by atoms with Gasteiger partial charge in [0.15, 0.2) is 5.96 Å². The minimum atomic E-state index is 0.636. The highest BCUT2D eigenvalue weighted by molar-refractivity contribution is 5.79. The number of aliphatic imine (C=N–C) groups is 1. The molecule has 0 radical (unpaired) electrons. The van der Waals surface area contributed by atoms with Gasteiger partial charge in [0.05, 0.1) is 13.7 Å². The molecule has 1 rings (SSSR count). The van der Waals surface area contributed by atoms with Crippen LogP contribution >= 0.6 is 0 Å². The van der Waals surface area contributed by atoms with Crippen LogP contribution in [0.4, 0.5) is 0 Å². The molecule has 0 aliphatic heterocycles. The first-order valence-electron chi connectivity index (χ1n) is 9.66. The van der Waals surface area contributed by atoms with Crippen LogP contribution in [0.1, 0.15) is 19.8 Å². The highest BCUT2D eigenvalue weighted by Crippen LogP contribution is 2.16. The van der Waals surface area contributed by atoms with Crippen LogP contribution in [0, 0.1) is 0 Å². The molecule has 0 aliphatic rings. The van der Waals surface area contributed by atoms with E-state index in [4.69, 9.17) is 14.2 Å². The van der Waals surface area contributed by atoms with E-state index in [0.717, 1.165) is 69.6 Å². The first-order chi connectivity index (χ1) is 13.2. The van der Waals surface area contributed by atoms with E-state index in [1.54, 1.807) is 14.2 Å². The predicted octanol–water partition coefficient (Wildman–Crippen LogP) is 1.99. The van der Waals surface area contributed by atoms with Crippen LogP contribution in [-0.2, 0) is 4.74 Å². The van der Waals surface area contributed by atoms with Gasteiger partial charge in [-0.15, -0.1) is 0 Å². The van der Waals surface area contributed by atoms with Crippen LogP contribution in [0.15, 0.2) is 29.3 Å². The van der Waals surface area contributed by atoms with E-state index >= 15 is 0 Å².